The average molecular weight is 242 g/mol. The Balaban J connectivity index is 2.06. The van der Waals surface area contributed by atoms with Crippen molar-refractivity contribution in [3.63, 3.8) is 0 Å². The van der Waals surface area contributed by atoms with Crippen LogP contribution in [0.15, 0.2) is 30.3 Å². The molecule has 0 unspecified atom stereocenters. The van der Waals surface area contributed by atoms with Crippen LogP contribution in [-0.4, -0.2) is 24.9 Å². The molecule has 16 heavy (non-hydrogen) atoms. The number of benzene rings is 1. The van der Waals surface area contributed by atoms with Crippen molar-refractivity contribution in [2.24, 2.45) is 0 Å². The van der Waals surface area contributed by atoms with Crippen LogP contribution in [-0.2, 0) is 16.1 Å². The van der Waals surface area contributed by atoms with Crippen LogP contribution in [0.2, 0.25) is 0 Å². The van der Waals surface area contributed by atoms with Gasteiger partial charge in [0.25, 0.3) is 0 Å². The SMILES string of the molecule is O=C(CCOCc1ccccc1)NCCCl. The fraction of sp³-hybridized carbons (Fsp3) is 0.417. The molecule has 1 rings (SSSR count). The van der Waals surface area contributed by atoms with E-state index >= 15 is 0 Å². The number of rotatable bonds is 7. The minimum Gasteiger partial charge on any atom is -0.376 e. The Labute approximate surface area is 101 Å². The number of alkyl halides is 1. The van der Waals surface area contributed by atoms with Gasteiger partial charge in [-0.3, -0.25) is 4.79 Å². The third kappa shape index (κ3) is 5.73. The van der Waals surface area contributed by atoms with Crippen LogP contribution in [0.1, 0.15) is 12.0 Å². The van der Waals surface area contributed by atoms with E-state index in [2.05, 4.69) is 5.32 Å². The summed E-state index contributed by atoms with van der Waals surface area (Å²) in [6.07, 6.45) is 0.379. The first-order valence-corrected chi connectivity index (χ1v) is 5.80. The summed E-state index contributed by atoms with van der Waals surface area (Å²) in [6.45, 7) is 1.49. The standard InChI is InChI=1S/C12H16ClNO2/c13-7-8-14-12(15)6-9-16-10-11-4-2-1-3-5-11/h1-5H,6-10H2,(H,14,15). The number of hydrogen-bond donors (Lipinski definition) is 1. The Hall–Kier alpha value is -1.06. The van der Waals surface area contributed by atoms with E-state index in [0.717, 1.165) is 5.56 Å². The van der Waals surface area contributed by atoms with Gasteiger partial charge in [0.15, 0.2) is 0 Å². The van der Waals surface area contributed by atoms with Crippen molar-refractivity contribution in [2.75, 3.05) is 19.0 Å². The highest BCUT2D eigenvalue weighted by Crippen LogP contribution is 2.00. The summed E-state index contributed by atoms with van der Waals surface area (Å²) in [5.41, 5.74) is 1.11. The van der Waals surface area contributed by atoms with Crippen LogP contribution in [0.4, 0.5) is 0 Å². The second kappa shape index (κ2) is 8.13. The van der Waals surface area contributed by atoms with Crippen molar-refractivity contribution >= 4 is 17.5 Å². The third-order valence-corrected chi connectivity index (χ3v) is 2.19. The van der Waals surface area contributed by atoms with Gasteiger partial charge in [-0.25, -0.2) is 0 Å². The molecule has 0 radical (unpaired) electrons. The van der Waals surface area contributed by atoms with Gasteiger partial charge in [0.1, 0.15) is 0 Å². The molecule has 88 valence electrons. The molecule has 0 heterocycles. The summed E-state index contributed by atoms with van der Waals surface area (Å²) in [5, 5.41) is 2.68. The molecule has 1 amide bonds. The predicted octanol–water partition coefficient (Wildman–Crippen LogP) is 1.95. The molecule has 0 spiro atoms. The normalized spacial score (nSPS) is 10.1. The number of ether oxygens (including phenoxy) is 1. The molecule has 4 heteroatoms. The number of carbonyl (C=O) groups excluding carboxylic acids is 1. The van der Waals surface area contributed by atoms with Crippen molar-refractivity contribution in [1.29, 1.82) is 0 Å². The molecule has 0 saturated carbocycles. The lowest BCUT2D eigenvalue weighted by Gasteiger charge is -2.04. The number of hydrogen-bond acceptors (Lipinski definition) is 2. The van der Waals surface area contributed by atoms with Crippen molar-refractivity contribution in [2.45, 2.75) is 13.0 Å². The van der Waals surface area contributed by atoms with Gasteiger partial charge in [0.05, 0.1) is 13.2 Å². The second-order valence-electron chi connectivity index (χ2n) is 3.33. The molecule has 0 aliphatic carbocycles. The van der Waals surface area contributed by atoms with E-state index < -0.39 is 0 Å². The van der Waals surface area contributed by atoms with E-state index in [1.54, 1.807) is 0 Å². The van der Waals surface area contributed by atoms with Crippen molar-refractivity contribution in [1.82, 2.24) is 5.32 Å². The van der Waals surface area contributed by atoms with Gasteiger partial charge in [-0.05, 0) is 5.56 Å². The Kier molecular flexibility index (Phi) is 6.61. The van der Waals surface area contributed by atoms with E-state index in [4.69, 9.17) is 16.3 Å². The summed E-state index contributed by atoms with van der Waals surface area (Å²) < 4.78 is 5.38. The van der Waals surface area contributed by atoms with Gasteiger partial charge in [-0.15, -0.1) is 11.6 Å². The summed E-state index contributed by atoms with van der Waals surface area (Å²) in [6, 6.07) is 9.88. The van der Waals surface area contributed by atoms with E-state index in [1.807, 2.05) is 30.3 Å². The van der Waals surface area contributed by atoms with Crippen LogP contribution in [0.25, 0.3) is 0 Å². The molecule has 0 fully saturated rings. The minimum absolute atomic E-state index is 0.0197. The summed E-state index contributed by atoms with van der Waals surface area (Å²) in [7, 11) is 0. The maximum Gasteiger partial charge on any atom is 0.222 e. The molecular weight excluding hydrogens is 226 g/mol. The van der Waals surface area contributed by atoms with E-state index in [-0.39, 0.29) is 5.91 Å². The fourth-order valence-electron chi connectivity index (χ4n) is 1.20. The van der Waals surface area contributed by atoms with E-state index in [9.17, 15) is 4.79 Å². The maximum atomic E-state index is 11.2. The summed E-state index contributed by atoms with van der Waals surface area (Å²) in [4.78, 5) is 11.2. The Bertz CT molecular complexity index is 303. The topological polar surface area (TPSA) is 38.3 Å². The molecule has 0 aliphatic rings. The lowest BCUT2D eigenvalue weighted by molar-refractivity contribution is -0.122. The molecule has 0 atom stereocenters. The Morgan fingerprint density at radius 2 is 2.06 bits per heavy atom. The summed E-state index contributed by atoms with van der Waals surface area (Å²) in [5.74, 6) is 0.421. The first-order valence-electron chi connectivity index (χ1n) is 5.27. The zero-order chi connectivity index (χ0) is 11.6. The van der Waals surface area contributed by atoms with Crippen LogP contribution in [0, 0.1) is 0 Å². The van der Waals surface area contributed by atoms with Crippen LogP contribution in [0.3, 0.4) is 0 Å². The predicted molar refractivity (Wildman–Crippen MR) is 64.4 cm³/mol. The Morgan fingerprint density at radius 1 is 1.31 bits per heavy atom. The molecule has 0 saturated heterocycles. The van der Waals surface area contributed by atoms with Crippen molar-refractivity contribution in [3.8, 4) is 0 Å². The fourth-order valence-corrected chi connectivity index (χ4v) is 1.30. The molecular formula is C12H16ClNO2. The monoisotopic (exact) mass is 241 g/mol. The molecule has 1 aromatic rings. The number of carbonyl (C=O) groups is 1. The molecule has 0 aliphatic heterocycles. The van der Waals surface area contributed by atoms with E-state index in [0.29, 0.717) is 32.1 Å². The molecule has 3 nitrogen and oxygen atoms in total. The largest absolute Gasteiger partial charge is 0.376 e. The van der Waals surface area contributed by atoms with E-state index in [1.165, 1.54) is 0 Å². The lowest BCUT2D eigenvalue weighted by atomic mass is 10.2. The van der Waals surface area contributed by atoms with Crippen LogP contribution < -0.4 is 5.32 Å². The smallest absolute Gasteiger partial charge is 0.222 e. The molecule has 0 bridgehead atoms. The molecule has 1 aromatic carbocycles. The van der Waals surface area contributed by atoms with Crippen LogP contribution >= 0.6 is 11.6 Å². The van der Waals surface area contributed by atoms with Gasteiger partial charge in [-0.2, -0.15) is 0 Å². The highest BCUT2D eigenvalue weighted by Gasteiger charge is 1.99. The third-order valence-electron chi connectivity index (χ3n) is 2.00. The first-order chi connectivity index (χ1) is 7.83. The quantitative estimate of drug-likeness (QED) is 0.585. The van der Waals surface area contributed by atoms with Gasteiger partial charge < -0.3 is 10.1 Å². The van der Waals surface area contributed by atoms with Crippen molar-refractivity contribution in [3.05, 3.63) is 35.9 Å². The van der Waals surface area contributed by atoms with Gasteiger partial charge in [0.2, 0.25) is 5.91 Å². The van der Waals surface area contributed by atoms with Gasteiger partial charge >= 0.3 is 0 Å². The number of amides is 1. The van der Waals surface area contributed by atoms with Crippen LogP contribution in [0.5, 0.6) is 0 Å². The average Bonchev–Trinajstić information content (AvgIpc) is 2.33. The highest BCUT2D eigenvalue weighted by atomic mass is 35.5. The maximum absolute atomic E-state index is 11.2. The second-order valence-corrected chi connectivity index (χ2v) is 3.71. The lowest BCUT2D eigenvalue weighted by Crippen LogP contribution is -2.26. The summed E-state index contributed by atoms with van der Waals surface area (Å²) >= 11 is 5.44. The van der Waals surface area contributed by atoms with Gasteiger partial charge in [-0.1, -0.05) is 30.3 Å². The zero-order valence-electron chi connectivity index (χ0n) is 9.12. The molecule has 1 N–H and O–H groups in total. The molecule has 0 aromatic heterocycles. The highest BCUT2D eigenvalue weighted by molar-refractivity contribution is 6.18. The first kappa shape index (κ1) is 13.0. The van der Waals surface area contributed by atoms with Crippen molar-refractivity contribution < 1.29 is 9.53 Å². The Morgan fingerprint density at radius 3 is 2.75 bits per heavy atom. The minimum atomic E-state index is -0.0197. The van der Waals surface area contributed by atoms with Gasteiger partial charge in [0, 0.05) is 18.8 Å². The zero-order valence-corrected chi connectivity index (χ0v) is 9.87. The number of nitrogens with one attached hydrogen (secondary N) is 1. The number of halogens is 1.